The lowest BCUT2D eigenvalue weighted by molar-refractivity contribution is 0.0697. The van der Waals surface area contributed by atoms with Gasteiger partial charge in [-0.15, -0.1) is 11.3 Å². The van der Waals surface area contributed by atoms with E-state index in [9.17, 15) is 13.2 Å². The first-order valence-electron chi connectivity index (χ1n) is 4.80. The zero-order chi connectivity index (χ0) is 13.2. The molecule has 0 saturated carbocycles. The highest BCUT2D eigenvalue weighted by Crippen LogP contribution is 2.22. The van der Waals surface area contributed by atoms with Gasteiger partial charge in [-0.1, -0.05) is 6.07 Å². The van der Waals surface area contributed by atoms with Crippen molar-refractivity contribution in [3.63, 3.8) is 0 Å². The molecular formula is C11H8O5S2. The summed E-state index contributed by atoms with van der Waals surface area (Å²) in [7, 11) is -3.83. The van der Waals surface area contributed by atoms with Crippen LogP contribution in [0.4, 0.5) is 0 Å². The first-order chi connectivity index (χ1) is 8.49. The van der Waals surface area contributed by atoms with Crippen LogP contribution >= 0.6 is 11.3 Å². The van der Waals surface area contributed by atoms with E-state index in [1.165, 1.54) is 30.3 Å². The summed E-state index contributed by atoms with van der Waals surface area (Å²) in [5.41, 5.74) is 0.0656. The van der Waals surface area contributed by atoms with Gasteiger partial charge in [-0.05, 0) is 35.7 Å². The average molecular weight is 284 g/mol. The molecule has 2 rings (SSSR count). The third kappa shape index (κ3) is 2.69. The Morgan fingerprint density at radius 2 is 1.83 bits per heavy atom. The van der Waals surface area contributed by atoms with Gasteiger partial charge in [-0.2, -0.15) is 8.42 Å². The molecule has 94 valence electrons. The van der Waals surface area contributed by atoms with Crippen LogP contribution in [-0.4, -0.2) is 19.5 Å². The molecule has 0 unspecified atom stereocenters. The summed E-state index contributed by atoms with van der Waals surface area (Å²) < 4.78 is 28.5. The molecule has 7 heteroatoms. The van der Waals surface area contributed by atoms with Crippen LogP contribution in [0.3, 0.4) is 0 Å². The zero-order valence-corrected chi connectivity index (χ0v) is 10.6. The number of rotatable bonds is 4. The van der Waals surface area contributed by atoms with Crippen LogP contribution in [0.5, 0.6) is 5.75 Å². The fourth-order valence-corrected chi connectivity index (χ4v) is 3.11. The summed E-state index contributed by atoms with van der Waals surface area (Å²) in [6.07, 6.45) is 0. The molecule has 0 radical (unpaired) electrons. The van der Waals surface area contributed by atoms with E-state index in [1.54, 1.807) is 11.4 Å². The lowest BCUT2D eigenvalue weighted by Crippen LogP contribution is -2.08. The van der Waals surface area contributed by atoms with Crippen molar-refractivity contribution >= 4 is 27.4 Å². The van der Waals surface area contributed by atoms with Crippen molar-refractivity contribution in [3.05, 3.63) is 47.3 Å². The van der Waals surface area contributed by atoms with Gasteiger partial charge >= 0.3 is 16.1 Å². The Balaban J connectivity index is 2.22. The molecule has 1 heterocycles. The normalized spacial score (nSPS) is 11.1. The molecular weight excluding hydrogens is 276 g/mol. The lowest BCUT2D eigenvalue weighted by atomic mass is 10.2. The van der Waals surface area contributed by atoms with Crippen LogP contribution in [0.1, 0.15) is 10.4 Å². The van der Waals surface area contributed by atoms with Crippen molar-refractivity contribution in [1.29, 1.82) is 0 Å². The van der Waals surface area contributed by atoms with E-state index in [0.717, 1.165) is 11.3 Å². The van der Waals surface area contributed by atoms with Gasteiger partial charge in [0.25, 0.3) is 0 Å². The first-order valence-corrected chi connectivity index (χ1v) is 7.09. The van der Waals surface area contributed by atoms with E-state index in [-0.39, 0.29) is 15.5 Å². The summed E-state index contributed by atoms with van der Waals surface area (Å²) >= 11 is 1.05. The first kappa shape index (κ1) is 12.6. The van der Waals surface area contributed by atoms with E-state index >= 15 is 0 Å². The number of thiophene rings is 1. The maximum absolute atomic E-state index is 11.8. The average Bonchev–Trinajstić information content (AvgIpc) is 2.83. The van der Waals surface area contributed by atoms with Gasteiger partial charge in [0.2, 0.25) is 0 Å². The summed E-state index contributed by atoms with van der Waals surface area (Å²) in [5.74, 6) is -1.00. The Hall–Kier alpha value is -1.86. The number of carboxylic acids is 1. The molecule has 0 aliphatic heterocycles. The third-order valence-electron chi connectivity index (χ3n) is 2.05. The molecule has 0 bridgehead atoms. The zero-order valence-electron chi connectivity index (χ0n) is 8.94. The Morgan fingerprint density at radius 1 is 1.17 bits per heavy atom. The van der Waals surface area contributed by atoms with E-state index in [4.69, 9.17) is 9.29 Å². The van der Waals surface area contributed by atoms with Crippen LogP contribution in [0.25, 0.3) is 0 Å². The smallest absolute Gasteiger partial charge is 0.348 e. The Kier molecular flexibility index (Phi) is 3.35. The molecule has 1 aromatic carbocycles. The molecule has 18 heavy (non-hydrogen) atoms. The minimum absolute atomic E-state index is 0.0656. The van der Waals surface area contributed by atoms with Crippen molar-refractivity contribution < 1.29 is 22.5 Å². The van der Waals surface area contributed by atoms with E-state index in [0.29, 0.717) is 0 Å². The van der Waals surface area contributed by atoms with Crippen molar-refractivity contribution in [2.45, 2.75) is 4.21 Å². The number of carboxylic acid groups (broad SMARTS) is 1. The van der Waals surface area contributed by atoms with Crippen LogP contribution in [0, 0.1) is 0 Å². The Labute approximate surface area is 107 Å². The number of benzene rings is 1. The molecule has 5 nitrogen and oxygen atoms in total. The topological polar surface area (TPSA) is 80.7 Å². The SMILES string of the molecule is O=C(O)c1ccc(OS(=O)(=O)c2cccs2)cc1. The van der Waals surface area contributed by atoms with Crippen LogP contribution in [0.2, 0.25) is 0 Å². The third-order valence-corrected chi connectivity index (χ3v) is 4.65. The van der Waals surface area contributed by atoms with Gasteiger partial charge in [-0.3, -0.25) is 0 Å². The lowest BCUT2D eigenvalue weighted by Gasteiger charge is -2.04. The van der Waals surface area contributed by atoms with Gasteiger partial charge in [0.1, 0.15) is 5.75 Å². The Morgan fingerprint density at radius 3 is 2.33 bits per heavy atom. The van der Waals surface area contributed by atoms with E-state index in [1.807, 2.05) is 0 Å². The van der Waals surface area contributed by atoms with Gasteiger partial charge in [0.15, 0.2) is 4.21 Å². The van der Waals surface area contributed by atoms with Crippen LogP contribution < -0.4 is 4.18 Å². The number of hydrogen-bond donors (Lipinski definition) is 1. The predicted octanol–water partition coefficient (Wildman–Crippen LogP) is 2.21. The molecule has 0 atom stereocenters. The molecule has 0 fully saturated rings. The summed E-state index contributed by atoms with van der Waals surface area (Å²) in [4.78, 5) is 10.6. The maximum Gasteiger partial charge on any atom is 0.348 e. The Bertz CT molecular complexity index is 641. The van der Waals surface area contributed by atoms with Crippen molar-refractivity contribution in [2.75, 3.05) is 0 Å². The van der Waals surface area contributed by atoms with Crippen LogP contribution in [-0.2, 0) is 10.1 Å². The highest BCUT2D eigenvalue weighted by Gasteiger charge is 2.17. The van der Waals surface area contributed by atoms with Gasteiger partial charge in [0, 0.05) is 0 Å². The second kappa shape index (κ2) is 4.79. The van der Waals surface area contributed by atoms with Gasteiger partial charge < -0.3 is 9.29 Å². The van der Waals surface area contributed by atoms with Crippen molar-refractivity contribution in [1.82, 2.24) is 0 Å². The minimum Gasteiger partial charge on any atom is -0.478 e. The molecule has 0 aliphatic rings. The molecule has 0 amide bonds. The molecule has 1 aromatic heterocycles. The van der Waals surface area contributed by atoms with Crippen LogP contribution in [0.15, 0.2) is 46.0 Å². The fraction of sp³-hybridized carbons (Fsp3) is 0. The van der Waals surface area contributed by atoms with Gasteiger partial charge in [0.05, 0.1) is 5.56 Å². The van der Waals surface area contributed by atoms with E-state index < -0.39 is 16.1 Å². The second-order valence-electron chi connectivity index (χ2n) is 3.30. The standard InChI is InChI=1S/C11H8O5S2/c12-11(13)8-3-5-9(6-4-8)16-18(14,15)10-2-1-7-17-10/h1-7H,(H,12,13). The largest absolute Gasteiger partial charge is 0.478 e. The highest BCUT2D eigenvalue weighted by molar-refractivity contribution is 7.89. The van der Waals surface area contributed by atoms with Crippen molar-refractivity contribution in [3.8, 4) is 5.75 Å². The number of aromatic carboxylic acids is 1. The quantitative estimate of drug-likeness (QED) is 0.871. The highest BCUT2D eigenvalue weighted by atomic mass is 32.3. The molecule has 2 aromatic rings. The predicted molar refractivity (Wildman–Crippen MR) is 65.5 cm³/mol. The van der Waals surface area contributed by atoms with Crippen molar-refractivity contribution in [2.24, 2.45) is 0 Å². The number of carbonyl (C=O) groups is 1. The molecule has 1 N–H and O–H groups in total. The second-order valence-corrected chi connectivity index (χ2v) is 6.02. The van der Waals surface area contributed by atoms with Gasteiger partial charge in [-0.25, -0.2) is 4.79 Å². The molecule has 0 saturated heterocycles. The minimum atomic E-state index is -3.83. The monoisotopic (exact) mass is 284 g/mol. The summed E-state index contributed by atoms with van der Waals surface area (Å²) in [5, 5.41) is 10.3. The molecule has 0 aliphatic carbocycles. The summed E-state index contributed by atoms with van der Waals surface area (Å²) in [6, 6.07) is 8.20. The maximum atomic E-state index is 11.8. The molecule has 0 spiro atoms. The fourth-order valence-electron chi connectivity index (χ4n) is 1.23. The number of hydrogen-bond acceptors (Lipinski definition) is 5. The van der Waals surface area contributed by atoms with E-state index in [2.05, 4.69) is 0 Å². The summed E-state index contributed by atoms with van der Waals surface area (Å²) in [6.45, 7) is 0.